The van der Waals surface area contributed by atoms with Crippen molar-refractivity contribution in [3.8, 4) is 0 Å². The Morgan fingerprint density at radius 3 is 1.94 bits per heavy atom. The molecule has 7 nitrogen and oxygen atoms in total. The van der Waals surface area contributed by atoms with Crippen LogP contribution >= 0.6 is 0 Å². The summed E-state index contributed by atoms with van der Waals surface area (Å²) >= 11 is 0. The zero-order valence-corrected chi connectivity index (χ0v) is 17.6. The van der Waals surface area contributed by atoms with Crippen molar-refractivity contribution in [3.05, 3.63) is 114 Å². The van der Waals surface area contributed by atoms with Crippen LogP contribution < -0.4 is 4.72 Å². The topological polar surface area (TPSA) is 97.7 Å². The molecule has 4 rings (SSSR count). The second-order valence-corrected chi connectivity index (χ2v) is 8.85. The highest BCUT2D eigenvalue weighted by atomic mass is 32.2. The van der Waals surface area contributed by atoms with E-state index in [0.717, 1.165) is 23.1 Å². The summed E-state index contributed by atoms with van der Waals surface area (Å²) < 4.78 is 26.0. The van der Waals surface area contributed by atoms with Crippen molar-refractivity contribution < 1.29 is 8.42 Å². The Hall–Kier alpha value is -3.65. The fourth-order valence-electron chi connectivity index (χ4n) is 3.62. The molecule has 4 aromatic rings. The molecule has 2 unspecified atom stereocenters. The number of nitrogens with one attached hydrogen (secondary N) is 1. The van der Waals surface area contributed by atoms with Crippen molar-refractivity contribution in [3.63, 3.8) is 0 Å². The molecule has 8 heteroatoms. The van der Waals surface area contributed by atoms with Gasteiger partial charge in [-0.3, -0.25) is 19.7 Å². The number of hydrogen-bond donors (Lipinski definition) is 1. The third kappa shape index (κ3) is 5.10. The summed E-state index contributed by atoms with van der Waals surface area (Å²) in [4.78, 5) is 17.9. The van der Waals surface area contributed by atoms with Gasteiger partial charge in [-0.15, -0.1) is 0 Å². The van der Waals surface area contributed by atoms with E-state index in [0.29, 0.717) is 5.69 Å². The summed E-state index contributed by atoms with van der Waals surface area (Å²) in [5.74, 6) is -0.214. The lowest BCUT2D eigenvalue weighted by Gasteiger charge is -2.27. The third-order valence-electron chi connectivity index (χ3n) is 4.81. The molecule has 0 aromatic carbocycles. The minimum absolute atomic E-state index is 0.208. The molecule has 156 valence electrons. The quantitative estimate of drug-likeness (QED) is 0.480. The molecule has 2 atom stereocenters. The molecule has 0 saturated heterocycles. The van der Waals surface area contributed by atoms with E-state index in [-0.39, 0.29) is 17.7 Å². The first-order valence-electron chi connectivity index (χ1n) is 9.67. The normalized spacial score (nSPS) is 13.3. The van der Waals surface area contributed by atoms with Crippen molar-refractivity contribution >= 4 is 15.8 Å². The lowest BCUT2D eigenvalue weighted by atomic mass is 9.78. The first kappa shape index (κ1) is 20.6. The number of aromatic nitrogens is 4. The smallest absolute Gasteiger partial charge is 0.230 e. The Morgan fingerprint density at radius 2 is 1.39 bits per heavy atom. The van der Waals surface area contributed by atoms with Gasteiger partial charge in [-0.2, -0.15) is 0 Å². The van der Waals surface area contributed by atoms with Gasteiger partial charge in [0, 0.05) is 48.5 Å². The predicted molar refractivity (Wildman–Crippen MR) is 119 cm³/mol. The highest BCUT2D eigenvalue weighted by Crippen LogP contribution is 2.41. The lowest BCUT2D eigenvalue weighted by molar-refractivity contribution is 0.606. The SMILES string of the molecule is CS(=O)(=O)Nc1cccc(C(c2cccnc2)C(c2cccnc2)c2ccccn2)n1. The van der Waals surface area contributed by atoms with E-state index in [2.05, 4.69) is 24.7 Å². The first-order chi connectivity index (χ1) is 15.0. The van der Waals surface area contributed by atoms with E-state index in [1.54, 1.807) is 36.9 Å². The summed E-state index contributed by atoms with van der Waals surface area (Å²) in [6.45, 7) is 0. The Morgan fingerprint density at radius 1 is 0.742 bits per heavy atom. The zero-order chi connectivity index (χ0) is 21.7. The van der Waals surface area contributed by atoms with Crippen LogP contribution in [0, 0.1) is 0 Å². The molecule has 0 aliphatic rings. The van der Waals surface area contributed by atoms with E-state index in [1.165, 1.54) is 0 Å². The van der Waals surface area contributed by atoms with Gasteiger partial charge in [0.05, 0.1) is 11.9 Å². The number of anilines is 1. The number of hydrogen-bond acceptors (Lipinski definition) is 6. The van der Waals surface area contributed by atoms with Gasteiger partial charge in [-0.1, -0.05) is 24.3 Å². The van der Waals surface area contributed by atoms with Crippen molar-refractivity contribution in [1.29, 1.82) is 0 Å². The van der Waals surface area contributed by atoms with Crippen molar-refractivity contribution in [2.45, 2.75) is 11.8 Å². The molecule has 1 N–H and O–H groups in total. The van der Waals surface area contributed by atoms with Gasteiger partial charge in [0.1, 0.15) is 5.82 Å². The molecule has 31 heavy (non-hydrogen) atoms. The van der Waals surface area contributed by atoms with Crippen LogP contribution in [0.3, 0.4) is 0 Å². The molecule has 0 radical (unpaired) electrons. The number of sulfonamides is 1. The summed E-state index contributed by atoms with van der Waals surface area (Å²) in [7, 11) is -3.46. The van der Waals surface area contributed by atoms with Crippen LogP contribution in [-0.2, 0) is 10.0 Å². The number of pyridine rings is 4. The van der Waals surface area contributed by atoms with E-state index in [1.807, 2.05) is 54.7 Å². The van der Waals surface area contributed by atoms with Gasteiger partial charge in [0.2, 0.25) is 10.0 Å². The summed E-state index contributed by atoms with van der Waals surface area (Å²) in [6.07, 6.45) is 9.93. The van der Waals surface area contributed by atoms with Gasteiger partial charge < -0.3 is 0 Å². The number of rotatable bonds is 7. The maximum Gasteiger partial charge on any atom is 0.230 e. The Labute approximate surface area is 181 Å². The van der Waals surface area contributed by atoms with Crippen LogP contribution in [0.15, 0.2) is 91.6 Å². The number of nitrogens with zero attached hydrogens (tertiary/aromatic N) is 4. The van der Waals surface area contributed by atoms with Crippen LogP contribution in [0.25, 0.3) is 0 Å². The van der Waals surface area contributed by atoms with Crippen molar-refractivity contribution in [1.82, 2.24) is 19.9 Å². The molecule has 0 aliphatic heterocycles. The maximum absolute atomic E-state index is 11.7. The average molecular weight is 432 g/mol. The first-order valence-corrected chi connectivity index (χ1v) is 11.6. The van der Waals surface area contributed by atoms with Crippen LogP contribution in [-0.4, -0.2) is 34.6 Å². The highest BCUT2D eigenvalue weighted by molar-refractivity contribution is 7.92. The summed E-state index contributed by atoms with van der Waals surface area (Å²) in [5, 5.41) is 0. The van der Waals surface area contributed by atoms with Gasteiger partial charge >= 0.3 is 0 Å². The van der Waals surface area contributed by atoms with Gasteiger partial charge in [0.25, 0.3) is 0 Å². The van der Waals surface area contributed by atoms with Crippen molar-refractivity contribution in [2.24, 2.45) is 0 Å². The van der Waals surface area contributed by atoms with Gasteiger partial charge in [-0.05, 0) is 47.5 Å². The maximum atomic E-state index is 11.7. The van der Waals surface area contributed by atoms with Gasteiger partial charge in [0.15, 0.2) is 0 Å². The molecule has 0 saturated carbocycles. The fourth-order valence-corrected chi connectivity index (χ4v) is 4.11. The summed E-state index contributed by atoms with van der Waals surface area (Å²) in [5.41, 5.74) is 3.46. The Bertz CT molecular complexity index is 1200. The van der Waals surface area contributed by atoms with E-state index >= 15 is 0 Å². The van der Waals surface area contributed by atoms with Crippen LogP contribution in [0.4, 0.5) is 5.82 Å². The molecule has 0 amide bonds. The van der Waals surface area contributed by atoms with E-state index in [4.69, 9.17) is 0 Å². The Kier molecular flexibility index (Phi) is 5.99. The minimum atomic E-state index is -3.46. The Balaban J connectivity index is 1.91. The molecule has 0 fully saturated rings. The van der Waals surface area contributed by atoms with Crippen molar-refractivity contribution in [2.75, 3.05) is 11.0 Å². The molecular formula is C23H21N5O2S. The second-order valence-electron chi connectivity index (χ2n) is 7.10. The molecular weight excluding hydrogens is 410 g/mol. The average Bonchev–Trinajstić information content (AvgIpc) is 2.78. The molecule has 0 spiro atoms. The largest absolute Gasteiger partial charge is 0.268 e. The van der Waals surface area contributed by atoms with Crippen LogP contribution in [0.5, 0.6) is 0 Å². The van der Waals surface area contributed by atoms with E-state index in [9.17, 15) is 8.42 Å². The fraction of sp³-hybridized carbons (Fsp3) is 0.130. The monoisotopic (exact) mass is 431 g/mol. The third-order valence-corrected chi connectivity index (χ3v) is 5.39. The summed E-state index contributed by atoms with van der Waals surface area (Å²) in [6, 6.07) is 18.9. The molecule has 4 aromatic heterocycles. The van der Waals surface area contributed by atoms with E-state index < -0.39 is 10.0 Å². The predicted octanol–water partition coefficient (Wildman–Crippen LogP) is 3.60. The molecule has 0 aliphatic carbocycles. The van der Waals surface area contributed by atoms with Crippen LogP contribution in [0.1, 0.15) is 34.4 Å². The zero-order valence-electron chi connectivity index (χ0n) is 16.8. The van der Waals surface area contributed by atoms with Gasteiger partial charge in [-0.25, -0.2) is 13.4 Å². The second kappa shape index (κ2) is 9.01. The standard InChI is InChI=1S/C23H21N5O2S/c1-31(29,30)28-21-11-4-10-20(27-21)23(18-8-6-13-25-16-18)22(17-7-5-12-24-15-17)19-9-2-3-14-26-19/h2-16,22-23H,1H3,(H,27,28). The molecule has 4 heterocycles. The highest BCUT2D eigenvalue weighted by Gasteiger charge is 2.31. The minimum Gasteiger partial charge on any atom is -0.268 e. The lowest BCUT2D eigenvalue weighted by Crippen LogP contribution is -2.18. The van der Waals surface area contributed by atoms with Crippen LogP contribution in [0.2, 0.25) is 0 Å². The molecule has 0 bridgehead atoms.